The highest BCUT2D eigenvalue weighted by Gasteiger charge is 2.50. The predicted octanol–water partition coefficient (Wildman–Crippen LogP) is 5.59. The summed E-state index contributed by atoms with van der Waals surface area (Å²) in [6, 6.07) is 25.0. The maximum absolute atomic E-state index is 16.3. The minimum atomic E-state index is -2.10. The number of esters is 1. The summed E-state index contributed by atoms with van der Waals surface area (Å²) in [7, 11) is 3.10. The Balaban J connectivity index is 0.000000940. The smallest absolute Gasteiger partial charge is 0.351 e. The van der Waals surface area contributed by atoms with Crippen LogP contribution in [0.15, 0.2) is 95.9 Å². The molecule has 1 fully saturated rings. The number of aliphatic carboxylic acids is 1. The molecule has 0 aliphatic carbocycles. The molecule has 4 aromatic rings. The normalized spacial score (nSPS) is 17.6. The Morgan fingerprint density at radius 1 is 0.860 bits per heavy atom. The Morgan fingerprint density at radius 3 is 1.86 bits per heavy atom. The van der Waals surface area contributed by atoms with Gasteiger partial charge in [-0.05, 0) is 66.7 Å². The largest absolute Gasteiger partial charge is 0.497 e. The number of carboxylic acids is 1. The van der Waals surface area contributed by atoms with Gasteiger partial charge in [-0.1, -0.05) is 75.4 Å². The molecule has 1 aliphatic heterocycles. The van der Waals surface area contributed by atoms with Crippen LogP contribution >= 0.6 is 0 Å². The summed E-state index contributed by atoms with van der Waals surface area (Å²) in [5.74, 6) is -1.51. The number of amides is 1. The van der Waals surface area contributed by atoms with Gasteiger partial charge in [0.05, 0.1) is 33.7 Å². The summed E-state index contributed by atoms with van der Waals surface area (Å²) in [4.78, 5) is 54.5. The van der Waals surface area contributed by atoms with E-state index >= 15 is 4.39 Å². The van der Waals surface area contributed by atoms with Crippen LogP contribution in [0.3, 0.4) is 0 Å². The van der Waals surface area contributed by atoms with Gasteiger partial charge in [0.2, 0.25) is 5.91 Å². The van der Waals surface area contributed by atoms with Gasteiger partial charge in [-0.25, -0.2) is 9.18 Å². The number of halogens is 1. The van der Waals surface area contributed by atoms with Crippen LogP contribution in [-0.4, -0.2) is 96.2 Å². The van der Waals surface area contributed by atoms with Crippen LogP contribution in [0.25, 0.3) is 0 Å². The molecule has 0 radical (unpaired) electrons. The van der Waals surface area contributed by atoms with Crippen molar-refractivity contribution in [2.75, 3.05) is 45.8 Å². The second-order valence-electron chi connectivity index (χ2n) is 13.0. The fourth-order valence-corrected chi connectivity index (χ4v) is 6.42. The molecule has 0 unspecified atom stereocenters. The lowest BCUT2D eigenvalue weighted by Crippen LogP contribution is -2.41. The predicted molar refractivity (Wildman–Crippen MR) is 210 cm³/mol. The zero-order valence-electron chi connectivity index (χ0n) is 33.1. The number of ether oxygens (including phenoxy) is 5. The van der Waals surface area contributed by atoms with Gasteiger partial charge in [-0.2, -0.15) is 4.98 Å². The highest BCUT2D eigenvalue weighted by atomic mass is 19.1. The number of aromatic nitrogens is 2. The minimum Gasteiger partial charge on any atom is -0.497 e. The monoisotopic (exact) mass is 790 g/mol. The van der Waals surface area contributed by atoms with Gasteiger partial charge in [0.25, 0.3) is 0 Å². The summed E-state index contributed by atoms with van der Waals surface area (Å²) in [5.41, 5.74) is -0.235. The highest BCUT2D eigenvalue weighted by Crippen LogP contribution is 2.43. The number of nitrogens with one attached hydrogen (secondary N) is 1. The van der Waals surface area contributed by atoms with Crippen LogP contribution in [0.1, 0.15) is 63.5 Å². The van der Waals surface area contributed by atoms with Crippen LogP contribution in [-0.2, 0) is 34.2 Å². The maximum Gasteiger partial charge on any atom is 0.351 e. The molecule has 5 rings (SSSR count). The van der Waals surface area contributed by atoms with Crippen molar-refractivity contribution in [3.05, 3.63) is 118 Å². The van der Waals surface area contributed by atoms with Crippen molar-refractivity contribution in [1.82, 2.24) is 14.5 Å². The number of carbonyl (C=O) groups is 3. The number of nitrogens with zero attached hydrogens (tertiary/aromatic N) is 3. The topological polar surface area (TPSA) is 168 Å². The number of hydrogen-bond acceptors (Lipinski definition) is 11. The first-order chi connectivity index (χ1) is 27.4. The summed E-state index contributed by atoms with van der Waals surface area (Å²) in [5, 5.41) is 11.5. The molecule has 14 nitrogen and oxygen atoms in total. The third-order valence-electron chi connectivity index (χ3n) is 9.46. The van der Waals surface area contributed by atoms with E-state index in [9.17, 15) is 19.2 Å². The first-order valence-electron chi connectivity index (χ1n) is 18.7. The third kappa shape index (κ3) is 11.2. The molecule has 1 aliphatic rings. The summed E-state index contributed by atoms with van der Waals surface area (Å²) in [6.07, 6.45) is -6.46. The number of alkyl halides is 1. The van der Waals surface area contributed by atoms with E-state index in [0.717, 1.165) is 4.57 Å². The molecule has 0 bridgehead atoms. The number of methoxy groups -OCH3 is 2. The minimum absolute atomic E-state index is 0.0460. The van der Waals surface area contributed by atoms with Crippen molar-refractivity contribution < 1.29 is 47.6 Å². The second kappa shape index (κ2) is 21.0. The average molecular weight is 791 g/mol. The van der Waals surface area contributed by atoms with Gasteiger partial charge in [-0.3, -0.25) is 19.0 Å². The standard InChI is InChI=1S/C36H36FN3O10.C6H15N/c1-22(41)38-29-19-20-40(35(45)39-29)34-32(37)33(50-31(44)18-17-30(42)43)28(49-34)21-48-36(23-7-5-4-6-8-23,24-9-13-26(46-2)14-10-24)25-11-15-27(47-3)16-12-25;1-4-7(5-2)6-3/h4-16,19-20,28,32-34H,17-18,21H2,1-3H3,(H,42,43)(H,38,39,41,45);4-6H2,1-3H3/t28-,32-,33-,34-;/m1./s1. The highest BCUT2D eigenvalue weighted by molar-refractivity contribution is 5.87. The molecule has 15 heteroatoms. The van der Waals surface area contributed by atoms with E-state index < -0.39 is 66.6 Å². The number of carbonyl (C=O) groups excluding carboxylic acids is 2. The molecular weight excluding hydrogens is 739 g/mol. The second-order valence-corrected chi connectivity index (χ2v) is 13.0. The number of anilines is 1. The zero-order valence-corrected chi connectivity index (χ0v) is 33.1. The lowest BCUT2D eigenvalue weighted by Gasteiger charge is -2.37. The molecule has 57 heavy (non-hydrogen) atoms. The van der Waals surface area contributed by atoms with Crippen molar-refractivity contribution in [1.29, 1.82) is 0 Å². The molecule has 1 amide bonds. The van der Waals surface area contributed by atoms with E-state index in [1.54, 1.807) is 38.5 Å². The fourth-order valence-electron chi connectivity index (χ4n) is 6.42. The summed E-state index contributed by atoms with van der Waals surface area (Å²) >= 11 is 0. The van der Waals surface area contributed by atoms with Crippen LogP contribution in [0.2, 0.25) is 0 Å². The van der Waals surface area contributed by atoms with Gasteiger partial charge in [0.15, 0.2) is 18.5 Å². The quantitative estimate of drug-likeness (QED) is 0.101. The Bertz CT molecular complexity index is 1900. The van der Waals surface area contributed by atoms with E-state index in [1.807, 2.05) is 54.6 Å². The maximum atomic E-state index is 16.3. The summed E-state index contributed by atoms with van der Waals surface area (Å²) in [6.45, 7) is 11.0. The molecule has 2 N–H and O–H groups in total. The Labute approximate surface area is 331 Å². The number of carboxylic acid groups (broad SMARTS) is 1. The first-order valence-corrected chi connectivity index (χ1v) is 18.7. The van der Waals surface area contributed by atoms with Crippen LogP contribution in [0.5, 0.6) is 11.5 Å². The number of benzene rings is 3. The average Bonchev–Trinajstić information content (AvgIpc) is 3.52. The Morgan fingerprint density at radius 2 is 1.40 bits per heavy atom. The molecule has 2 heterocycles. The fraction of sp³-hybridized carbons (Fsp3) is 0.405. The van der Waals surface area contributed by atoms with Crippen LogP contribution in [0.4, 0.5) is 10.2 Å². The van der Waals surface area contributed by atoms with E-state index in [4.69, 9.17) is 28.8 Å². The van der Waals surface area contributed by atoms with Crippen LogP contribution < -0.4 is 20.5 Å². The van der Waals surface area contributed by atoms with E-state index in [2.05, 4.69) is 36.0 Å². The van der Waals surface area contributed by atoms with Gasteiger partial charge in [-0.15, -0.1) is 0 Å². The van der Waals surface area contributed by atoms with Crippen molar-refractivity contribution >= 4 is 23.7 Å². The summed E-state index contributed by atoms with van der Waals surface area (Å²) < 4.78 is 46.4. The first kappa shape index (κ1) is 44.1. The van der Waals surface area contributed by atoms with Crippen molar-refractivity contribution in [2.45, 2.75) is 70.7 Å². The van der Waals surface area contributed by atoms with Gasteiger partial charge in [0.1, 0.15) is 29.0 Å². The molecular formula is C42H51FN4O10. The van der Waals surface area contributed by atoms with E-state index in [-0.39, 0.29) is 12.4 Å². The van der Waals surface area contributed by atoms with Crippen molar-refractivity contribution in [2.24, 2.45) is 0 Å². The van der Waals surface area contributed by atoms with E-state index in [1.165, 1.54) is 38.8 Å². The van der Waals surface area contributed by atoms with E-state index in [0.29, 0.717) is 28.2 Å². The number of hydrogen-bond donors (Lipinski definition) is 2. The lowest BCUT2D eigenvalue weighted by atomic mass is 9.80. The van der Waals surface area contributed by atoms with Crippen molar-refractivity contribution in [3.8, 4) is 11.5 Å². The van der Waals surface area contributed by atoms with Gasteiger partial charge >= 0.3 is 17.6 Å². The Hall–Kier alpha value is -5.64. The molecule has 1 aromatic heterocycles. The third-order valence-corrected chi connectivity index (χ3v) is 9.46. The lowest BCUT2D eigenvalue weighted by molar-refractivity contribution is -0.159. The molecule has 306 valence electrons. The number of rotatable bonds is 17. The van der Waals surface area contributed by atoms with Gasteiger partial charge < -0.3 is 39.0 Å². The van der Waals surface area contributed by atoms with Crippen molar-refractivity contribution in [3.63, 3.8) is 0 Å². The van der Waals surface area contributed by atoms with Gasteiger partial charge in [0, 0.05) is 13.1 Å². The zero-order chi connectivity index (χ0) is 41.5. The molecule has 0 saturated carbocycles. The SMILES string of the molecule is CCN(CC)CC.COc1ccc(C(OC[C@H]2O[C@@H](n3ccc(NC(C)=O)nc3=O)[C@H](F)[C@@H]2OC(=O)CCC(=O)O)(c2ccccc2)c2ccc(OC)cc2)cc1. The molecule has 3 aromatic carbocycles. The van der Waals surface area contributed by atoms with Crippen LogP contribution in [0, 0.1) is 0 Å². The Kier molecular flexibility index (Phi) is 16.3. The molecule has 1 saturated heterocycles. The molecule has 4 atom stereocenters. The molecule has 0 spiro atoms.